The van der Waals surface area contributed by atoms with Crippen molar-refractivity contribution < 1.29 is 50.0 Å². The number of ether oxygens (including phenoxy) is 3. The zero-order chi connectivity index (χ0) is 16.6. The van der Waals surface area contributed by atoms with Gasteiger partial charge in [-0.3, -0.25) is 0 Å². The summed E-state index contributed by atoms with van der Waals surface area (Å²) in [5, 5.41) is 67.5. The van der Waals surface area contributed by atoms with Gasteiger partial charge in [0.15, 0.2) is 12.6 Å². The van der Waals surface area contributed by atoms with Gasteiger partial charge in [0.2, 0.25) is 0 Å². The minimum Gasteiger partial charge on any atom is -0.394 e. The van der Waals surface area contributed by atoms with Crippen LogP contribution in [0.3, 0.4) is 0 Å². The van der Waals surface area contributed by atoms with E-state index < -0.39 is 68.0 Å². The summed E-state index contributed by atoms with van der Waals surface area (Å²) in [6, 6.07) is 0. The molecule has 22 heavy (non-hydrogen) atoms. The Hall–Kier alpha value is -0.400. The van der Waals surface area contributed by atoms with Gasteiger partial charge in [0, 0.05) is 0 Å². The summed E-state index contributed by atoms with van der Waals surface area (Å²) >= 11 is 0. The summed E-state index contributed by atoms with van der Waals surface area (Å²) in [6.45, 7) is 0.823. The van der Waals surface area contributed by atoms with Crippen LogP contribution in [0.2, 0.25) is 0 Å². The zero-order valence-corrected chi connectivity index (χ0v) is 11.8. The van der Waals surface area contributed by atoms with E-state index >= 15 is 0 Å². The van der Waals surface area contributed by atoms with E-state index in [1.54, 1.807) is 0 Å². The fraction of sp³-hybridized carbons (Fsp3) is 1.00. The molecule has 0 aromatic carbocycles. The first-order valence-corrected chi connectivity index (χ1v) is 6.93. The monoisotopic (exact) mass is 326 g/mol. The Kier molecular flexibility index (Phi) is 5.72. The van der Waals surface area contributed by atoms with Crippen LogP contribution in [0, 0.1) is 0 Å². The third-order valence-corrected chi connectivity index (χ3v) is 3.94. The van der Waals surface area contributed by atoms with E-state index in [2.05, 4.69) is 0 Å². The van der Waals surface area contributed by atoms with E-state index in [0.717, 1.165) is 0 Å². The minimum atomic E-state index is -1.69. The van der Waals surface area contributed by atoms with Crippen LogP contribution in [0.25, 0.3) is 0 Å². The lowest BCUT2D eigenvalue weighted by atomic mass is 9.97. The molecule has 0 unspecified atom stereocenters. The van der Waals surface area contributed by atoms with Gasteiger partial charge in [0.1, 0.15) is 42.7 Å². The predicted octanol–water partition coefficient (Wildman–Crippen LogP) is -4.37. The molecule has 2 saturated heterocycles. The molecule has 10 atom stereocenters. The highest BCUT2D eigenvalue weighted by Gasteiger charge is 2.49. The van der Waals surface area contributed by atoms with E-state index in [-0.39, 0.29) is 0 Å². The molecule has 0 saturated carbocycles. The number of hydrogen-bond acceptors (Lipinski definition) is 10. The van der Waals surface area contributed by atoms with Gasteiger partial charge >= 0.3 is 0 Å². The van der Waals surface area contributed by atoms with Crippen molar-refractivity contribution in [2.24, 2.45) is 0 Å². The molecule has 7 N–H and O–H groups in total. The van der Waals surface area contributed by atoms with Crippen LogP contribution >= 0.6 is 0 Å². The van der Waals surface area contributed by atoms with Crippen molar-refractivity contribution in [2.75, 3.05) is 6.61 Å². The second kappa shape index (κ2) is 7.01. The summed E-state index contributed by atoms with van der Waals surface area (Å²) in [5.74, 6) is 0. The lowest BCUT2D eigenvalue weighted by Gasteiger charge is -2.44. The predicted molar refractivity (Wildman–Crippen MR) is 67.2 cm³/mol. The minimum absolute atomic E-state index is 0.619. The molecule has 10 nitrogen and oxygen atoms in total. The van der Waals surface area contributed by atoms with Crippen LogP contribution < -0.4 is 0 Å². The van der Waals surface area contributed by atoms with E-state index in [4.69, 9.17) is 19.3 Å². The highest BCUT2D eigenvalue weighted by molar-refractivity contribution is 4.92. The summed E-state index contributed by atoms with van der Waals surface area (Å²) in [6.07, 6.45) is -14.3. The maximum Gasteiger partial charge on any atom is 0.187 e. The van der Waals surface area contributed by atoms with E-state index in [1.807, 2.05) is 0 Å². The van der Waals surface area contributed by atoms with Gasteiger partial charge in [0.25, 0.3) is 0 Å². The maximum atomic E-state index is 9.93. The first-order valence-electron chi connectivity index (χ1n) is 6.93. The number of rotatable bonds is 3. The van der Waals surface area contributed by atoms with Gasteiger partial charge in [-0.1, -0.05) is 0 Å². The van der Waals surface area contributed by atoms with Crippen LogP contribution in [0.1, 0.15) is 6.92 Å². The van der Waals surface area contributed by atoms with E-state index in [0.29, 0.717) is 0 Å². The van der Waals surface area contributed by atoms with Gasteiger partial charge in [-0.05, 0) is 6.92 Å². The van der Waals surface area contributed by atoms with Crippen molar-refractivity contribution in [1.82, 2.24) is 0 Å². The molecule has 10 heteroatoms. The normalized spacial score (nSPS) is 53.5. The van der Waals surface area contributed by atoms with Gasteiger partial charge in [-0.2, -0.15) is 0 Å². The largest absolute Gasteiger partial charge is 0.394 e. The molecule has 0 radical (unpaired) electrons. The number of aliphatic hydroxyl groups excluding tert-OH is 7. The number of hydrogen-bond donors (Lipinski definition) is 7. The molecule has 130 valence electrons. The summed E-state index contributed by atoms with van der Waals surface area (Å²) in [4.78, 5) is 0. The lowest BCUT2D eigenvalue weighted by molar-refractivity contribution is -0.358. The topological polar surface area (TPSA) is 169 Å². The first-order chi connectivity index (χ1) is 10.3. The standard InChI is InChI=1S/C12H22O10/c1-3-5(14)7(16)9(18)12(20-3)22-10-8(17)6(15)4(2-13)21-11(10)19/h3-19H,2H2,1H3/t3-,4+,5-,6+,7-,8-,9-,10+,11+,12+/m1/s1. The second-order valence-corrected chi connectivity index (χ2v) is 5.51. The van der Waals surface area contributed by atoms with Gasteiger partial charge in [-0.25, -0.2) is 0 Å². The van der Waals surface area contributed by atoms with Crippen LogP contribution in [-0.4, -0.2) is 104 Å². The molecule has 0 aromatic heterocycles. The Morgan fingerprint density at radius 3 is 2.05 bits per heavy atom. The Morgan fingerprint density at radius 1 is 0.818 bits per heavy atom. The zero-order valence-electron chi connectivity index (χ0n) is 11.8. The lowest BCUT2D eigenvalue weighted by Crippen LogP contribution is -2.63. The number of aliphatic hydroxyl groups is 7. The molecule has 0 spiro atoms. The van der Waals surface area contributed by atoms with Crippen LogP contribution in [0.5, 0.6) is 0 Å². The Bertz CT molecular complexity index is 368. The van der Waals surface area contributed by atoms with Crippen molar-refractivity contribution in [3.63, 3.8) is 0 Å². The van der Waals surface area contributed by atoms with Gasteiger partial charge < -0.3 is 50.0 Å². The molecular formula is C12H22O10. The third kappa shape index (κ3) is 3.26. The van der Waals surface area contributed by atoms with Gasteiger partial charge in [0.05, 0.1) is 12.7 Å². The van der Waals surface area contributed by atoms with Crippen molar-refractivity contribution in [1.29, 1.82) is 0 Å². The SMILES string of the molecule is C[C@H]1O[C@@H](O[C@H]2[C@H](O)[C@@H](O)[C@H](CO)O[C@@H]2O)[C@H](O)[C@H](O)[C@@H]1O. The van der Waals surface area contributed by atoms with Crippen molar-refractivity contribution in [2.45, 2.75) is 68.3 Å². The van der Waals surface area contributed by atoms with Crippen molar-refractivity contribution >= 4 is 0 Å². The van der Waals surface area contributed by atoms with Gasteiger partial charge in [-0.15, -0.1) is 0 Å². The molecule has 2 rings (SSSR count). The quantitative estimate of drug-likeness (QED) is 0.269. The van der Waals surface area contributed by atoms with Crippen LogP contribution in [0.4, 0.5) is 0 Å². The fourth-order valence-corrected chi connectivity index (χ4v) is 2.50. The van der Waals surface area contributed by atoms with Crippen molar-refractivity contribution in [3.8, 4) is 0 Å². The second-order valence-electron chi connectivity index (χ2n) is 5.51. The highest BCUT2D eigenvalue weighted by Crippen LogP contribution is 2.28. The maximum absolute atomic E-state index is 9.93. The molecule has 2 heterocycles. The fourth-order valence-electron chi connectivity index (χ4n) is 2.50. The smallest absolute Gasteiger partial charge is 0.187 e. The molecular weight excluding hydrogens is 304 g/mol. The van der Waals surface area contributed by atoms with E-state index in [1.165, 1.54) is 6.92 Å². The highest BCUT2D eigenvalue weighted by atomic mass is 16.7. The average Bonchev–Trinajstić information content (AvgIpc) is 2.49. The Balaban J connectivity index is 2.06. The molecule has 0 bridgehead atoms. The molecule has 2 fully saturated rings. The molecule has 0 aromatic rings. The molecule has 0 amide bonds. The van der Waals surface area contributed by atoms with Crippen LogP contribution in [-0.2, 0) is 14.2 Å². The summed E-state index contributed by atoms with van der Waals surface area (Å²) in [7, 11) is 0. The molecule has 2 aliphatic rings. The Morgan fingerprint density at radius 2 is 1.45 bits per heavy atom. The Labute approximate surface area is 126 Å². The van der Waals surface area contributed by atoms with E-state index in [9.17, 15) is 30.6 Å². The molecule has 2 aliphatic heterocycles. The first kappa shape index (κ1) is 17.9. The third-order valence-electron chi connectivity index (χ3n) is 3.94. The average molecular weight is 326 g/mol. The van der Waals surface area contributed by atoms with Crippen LogP contribution in [0.15, 0.2) is 0 Å². The summed E-state index contributed by atoms with van der Waals surface area (Å²) < 4.78 is 15.3. The van der Waals surface area contributed by atoms with Crippen molar-refractivity contribution in [3.05, 3.63) is 0 Å². The summed E-state index contributed by atoms with van der Waals surface area (Å²) in [5.41, 5.74) is 0. The molecule has 0 aliphatic carbocycles.